The maximum Gasteiger partial charge on any atom is 0.307 e. The van der Waals surface area contributed by atoms with E-state index in [9.17, 15) is 9.59 Å². The summed E-state index contributed by atoms with van der Waals surface area (Å²) in [6, 6.07) is 6.03. The van der Waals surface area contributed by atoms with Gasteiger partial charge in [-0.25, -0.2) is 0 Å². The predicted octanol–water partition coefficient (Wildman–Crippen LogP) is 3.80. The Labute approximate surface area is 175 Å². The second-order valence-corrected chi connectivity index (χ2v) is 9.09. The molecule has 0 saturated heterocycles. The van der Waals surface area contributed by atoms with E-state index in [2.05, 4.69) is 13.8 Å². The van der Waals surface area contributed by atoms with Gasteiger partial charge in [0.05, 0.1) is 0 Å². The van der Waals surface area contributed by atoms with Gasteiger partial charge in [0.1, 0.15) is 6.54 Å². The Hall–Kier alpha value is -2.28. The predicted molar refractivity (Wildman–Crippen MR) is 112 cm³/mol. The zero-order valence-corrected chi connectivity index (χ0v) is 18.0. The molecule has 4 rings (SSSR count). The maximum absolute atomic E-state index is 13.4. The van der Waals surface area contributed by atoms with Crippen molar-refractivity contribution in [3.05, 3.63) is 44.5 Å². The van der Waals surface area contributed by atoms with Crippen LogP contribution in [0.2, 0.25) is 0 Å². The molecule has 29 heavy (non-hydrogen) atoms. The molecule has 1 fully saturated rings. The average molecular weight is 417 g/mol. The van der Waals surface area contributed by atoms with Gasteiger partial charge in [0.15, 0.2) is 11.5 Å². The number of hydrogen-bond acceptors (Lipinski definition) is 5. The monoisotopic (exact) mass is 416 g/mol. The molecule has 1 aromatic heterocycles. The molecule has 3 atom stereocenters. The fourth-order valence-corrected chi connectivity index (χ4v) is 5.18. The number of thiazole rings is 1. The van der Waals surface area contributed by atoms with E-state index < -0.39 is 0 Å². The van der Waals surface area contributed by atoms with Gasteiger partial charge in [0.25, 0.3) is 0 Å². The van der Waals surface area contributed by atoms with Gasteiger partial charge in [0, 0.05) is 23.7 Å². The third-order valence-electron chi connectivity index (χ3n) is 6.44. The highest BCUT2D eigenvalue weighted by Gasteiger charge is 2.34. The minimum atomic E-state index is -0.0797. The Kier molecular flexibility index (Phi) is 5.67. The van der Waals surface area contributed by atoms with Crippen LogP contribution >= 0.6 is 11.3 Å². The summed E-state index contributed by atoms with van der Waals surface area (Å²) in [5.74, 6) is 2.46. The van der Waals surface area contributed by atoms with Crippen LogP contribution in [0.1, 0.15) is 44.4 Å². The lowest BCUT2D eigenvalue weighted by Crippen LogP contribution is -2.48. The highest BCUT2D eigenvalue weighted by Crippen LogP contribution is 2.36. The van der Waals surface area contributed by atoms with Crippen LogP contribution in [0, 0.1) is 18.8 Å². The number of aryl methyl sites for hydroxylation is 1. The second-order valence-electron chi connectivity index (χ2n) is 8.27. The molecule has 2 aromatic rings. The van der Waals surface area contributed by atoms with Crippen molar-refractivity contribution in [2.75, 3.05) is 6.79 Å². The van der Waals surface area contributed by atoms with Gasteiger partial charge in [-0.05, 0) is 42.9 Å². The van der Waals surface area contributed by atoms with Crippen LogP contribution in [-0.4, -0.2) is 28.2 Å². The van der Waals surface area contributed by atoms with E-state index in [1.54, 1.807) is 4.57 Å². The molecule has 6 nitrogen and oxygen atoms in total. The molecule has 1 aliphatic carbocycles. The number of carbonyl (C=O) groups excluding carboxylic acids is 1. The maximum atomic E-state index is 13.4. The molecule has 0 unspecified atom stereocenters. The van der Waals surface area contributed by atoms with Crippen molar-refractivity contribution in [3.63, 3.8) is 0 Å². The summed E-state index contributed by atoms with van der Waals surface area (Å²) in [6.07, 6.45) is 3.32. The largest absolute Gasteiger partial charge is 0.454 e. The Bertz CT molecular complexity index is 951. The number of benzene rings is 1. The number of hydrogen-bond donors (Lipinski definition) is 0. The number of fused-ring (bicyclic) bond motifs is 1. The van der Waals surface area contributed by atoms with Gasteiger partial charge >= 0.3 is 4.87 Å². The smallest absolute Gasteiger partial charge is 0.307 e. The van der Waals surface area contributed by atoms with E-state index in [4.69, 9.17) is 9.47 Å². The number of nitrogens with zero attached hydrogens (tertiary/aromatic N) is 2. The topological polar surface area (TPSA) is 60.8 Å². The number of rotatable bonds is 5. The summed E-state index contributed by atoms with van der Waals surface area (Å²) in [4.78, 5) is 27.5. The molecule has 2 aliphatic rings. The number of ether oxygens (including phenoxy) is 2. The van der Waals surface area contributed by atoms with E-state index in [0.717, 1.165) is 46.9 Å². The molecule has 1 aliphatic heterocycles. The van der Waals surface area contributed by atoms with Crippen molar-refractivity contribution in [1.82, 2.24) is 9.47 Å². The van der Waals surface area contributed by atoms with E-state index in [0.29, 0.717) is 18.4 Å². The summed E-state index contributed by atoms with van der Waals surface area (Å²) in [5.41, 5.74) is 1.85. The molecule has 156 valence electrons. The third-order valence-corrected chi connectivity index (χ3v) is 7.33. The van der Waals surface area contributed by atoms with Gasteiger partial charge in [-0.15, -0.1) is 0 Å². The number of aromatic nitrogens is 1. The van der Waals surface area contributed by atoms with Crippen molar-refractivity contribution in [2.24, 2.45) is 11.8 Å². The molecule has 2 heterocycles. The first kappa shape index (κ1) is 20.0. The third kappa shape index (κ3) is 4.06. The van der Waals surface area contributed by atoms with Gasteiger partial charge in [-0.3, -0.25) is 14.2 Å². The first-order chi connectivity index (χ1) is 13.9. The van der Waals surface area contributed by atoms with Gasteiger partial charge in [-0.1, -0.05) is 44.1 Å². The molecular weight excluding hydrogens is 388 g/mol. The fraction of sp³-hybridized carbons (Fsp3) is 0.545. The van der Waals surface area contributed by atoms with Crippen molar-refractivity contribution in [3.8, 4) is 11.5 Å². The lowest BCUT2D eigenvalue weighted by Gasteiger charge is -2.42. The van der Waals surface area contributed by atoms with Gasteiger partial charge in [-0.2, -0.15) is 0 Å². The summed E-state index contributed by atoms with van der Waals surface area (Å²) in [7, 11) is 0. The Morgan fingerprint density at radius 1 is 1.24 bits per heavy atom. The van der Waals surface area contributed by atoms with Gasteiger partial charge < -0.3 is 14.4 Å². The Balaban J connectivity index is 1.61. The normalized spacial score (nSPS) is 23.2. The highest BCUT2D eigenvalue weighted by atomic mass is 32.1. The molecule has 1 saturated carbocycles. The van der Waals surface area contributed by atoms with E-state index in [-0.39, 0.29) is 30.2 Å². The molecule has 0 radical (unpaired) electrons. The van der Waals surface area contributed by atoms with E-state index in [1.807, 2.05) is 35.4 Å². The summed E-state index contributed by atoms with van der Waals surface area (Å²) in [5, 5.41) is 1.81. The zero-order chi connectivity index (χ0) is 20.5. The molecule has 1 amide bonds. The zero-order valence-electron chi connectivity index (χ0n) is 17.2. The molecule has 7 heteroatoms. The first-order valence-electron chi connectivity index (χ1n) is 10.3. The Morgan fingerprint density at radius 3 is 2.79 bits per heavy atom. The minimum absolute atomic E-state index is 0.00258. The summed E-state index contributed by atoms with van der Waals surface area (Å²) < 4.78 is 12.5. The quantitative estimate of drug-likeness (QED) is 0.744. The van der Waals surface area contributed by atoms with Crippen LogP contribution in [0.4, 0.5) is 0 Å². The molecule has 0 N–H and O–H groups in total. The second kappa shape index (κ2) is 8.22. The van der Waals surface area contributed by atoms with E-state index in [1.165, 1.54) is 6.42 Å². The van der Waals surface area contributed by atoms with Crippen LogP contribution in [0.15, 0.2) is 28.4 Å². The van der Waals surface area contributed by atoms with Crippen LogP contribution in [0.5, 0.6) is 11.5 Å². The van der Waals surface area contributed by atoms with Crippen molar-refractivity contribution >= 4 is 17.2 Å². The van der Waals surface area contributed by atoms with Crippen molar-refractivity contribution in [2.45, 2.75) is 59.2 Å². The summed E-state index contributed by atoms with van der Waals surface area (Å²) >= 11 is 1.14. The minimum Gasteiger partial charge on any atom is -0.454 e. The standard InChI is InChI=1S/C22H28N2O4S/c1-14-5-4-6-18(16(14)3)24(21(25)11-23-15(2)12-29-22(23)26)10-17-7-8-19-20(9-17)28-13-27-19/h7-9,12,14,16,18H,4-6,10-11,13H2,1-3H3/t14-,16+,18+/m0/s1. The van der Waals surface area contributed by atoms with Crippen molar-refractivity contribution in [1.29, 1.82) is 0 Å². The SMILES string of the molecule is Cc1csc(=O)n1CC(=O)N(Cc1ccc2c(c1)OCO2)[C@@H]1CCC[C@H](C)[C@H]1C. The van der Waals surface area contributed by atoms with Gasteiger partial charge in [0.2, 0.25) is 12.7 Å². The van der Waals surface area contributed by atoms with Crippen LogP contribution < -0.4 is 14.3 Å². The summed E-state index contributed by atoms with van der Waals surface area (Å²) in [6.45, 7) is 7.23. The van der Waals surface area contributed by atoms with Crippen LogP contribution in [-0.2, 0) is 17.9 Å². The van der Waals surface area contributed by atoms with E-state index >= 15 is 0 Å². The number of amides is 1. The lowest BCUT2D eigenvalue weighted by atomic mass is 9.77. The van der Waals surface area contributed by atoms with Crippen LogP contribution in [0.25, 0.3) is 0 Å². The highest BCUT2D eigenvalue weighted by molar-refractivity contribution is 7.07. The van der Waals surface area contributed by atoms with Crippen molar-refractivity contribution < 1.29 is 14.3 Å². The molecule has 0 bridgehead atoms. The number of carbonyl (C=O) groups is 1. The molecular formula is C22H28N2O4S. The average Bonchev–Trinajstić information content (AvgIpc) is 3.29. The lowest BCUT2D eigenvalue weighted by molar-refractivity contribution is -0.137. The first-order valence-corrected chi connectivity index (χ1v) is 11.1. The molecule has 1 aromatic carbocycles. The fourth-order valence-electron chi connectivity index (χ4n) is 4.44. The van der Waals surface area contributed by atoms with Crippen LogP contribution in [0.3, 0.4) is 0 Å². The Morgan fingerprint density at radius 2 is 2.03 bits per heavy atom. The molecule has 0 spiro atoms.